The molecule has 1 atom stereocenters. The van der Waals surface area contributed by atoms with Gasteiger partial charge in [-0.2, -0.15) is 0 Å². The van der Waals surface area contributed by atoms with E-state index in [1.165, 1.54) is 0 Å². The van der Waals surface area contributed by atoms with Crippen molar-refractivity contribution in [3.8, 4) is 0 Å². The quantitative estimate of drug-likeness (QED) is 0.534. The molecule has 42 valence electrons. The van der Waals surface area contributed by atoms with Crippen LogP contribution in [-0.2, 0) is 4.74 Å². The number of hydrogen-bond acceptors (Lipinski definition) is 3. The van der Waals surface area contributed by atoms with Gasteiger partial charge >= 0.3 is 0 Å². The van der Waals surface area contributed by atoms with Crippen molar-refractivity contribution in [3.05, 3.63) is 0 Å². The molecule has 1 fully saturated rings. The van der Waals surface area contributed by atoms with Crippen LogP contribution in [0.5, 0.6) is 0 Å². The highest BCUT2D eigenvalue weighted by molar-refractivity contribution is 7.99. The highest BCUT2D eigenvalue weighted by atomic mass is 32.2. The zero-order chi connectivity index (χ0) is 5.11. The number of hydrogen-bond donors (Lipinski definition) is 1. The van der Waals surface area contributed by atoms with Crippen molar-refractivity contribution in [3.63, 3.8) is 0 Å². The highest BCUT2D eigenvalue weighted by Gasteiger charge is 2.11. The van der Waals surface area contributed by atoms with Crippen LogP contribution in [-0.4, -0.2) is 25.0 Å². The third kappa shape index (κ3) is 1.33. The van der Waals surface area contributed by atoms with Gasteiger partial charge in [-0.15, -0.1) is 11.8 Å². The first-order chi connectivity index (χ1) is 3.43. The second-order valence-corrected chi connectivity index (χ2v) is 2.41. The van der Waals surface area contributed by atoms with Crippen molar-refractivity contribution in [2.45, 2.75) is 6.23 Å². The van der Waals surface area contributed by atoms with Crippen molar-refractivity contribution in [1.82, 2.24) is 5.32 Å². The van der Waals surface area contributed by atoms with Crippen molar-refractivity contribution >= 4 is 11.8 Å². The molecule has 0 bridgehead atoms. The first-order valence-electron chi connectivity index (χ1n) is 2.30. The van der Waals surface area contributed by atoms with E-state index < -0.39 is 0 Å². The smallest absolute Gasteiger partial charge is 0.118 e. The second kappa shape index (κ2) is 2.55. The molecule has 0 aromatic carbocycles. The Balaban J connectivity index is 2.14. The molecule has 0 amide bonds. The topological polar surface area (TPSA) is 21.3 Å². The third-order valence-electron chi connectivity index (χ3n) is 0.944. The largest absolute Gasteiger partial charge is 0.352 e. The van der Waals surface area contributed by atoms with Crippen LogP contribution in [0.3, 0.4) is 0 Å². The van der Waals surface area contributed by atoms with E-state index in [0.717, 1.165) is 11.7 Å². The summed E-state index contributed by atoms with van der Waals surface area (Å²) in [6.45, 7) is 0. The lowest BCUT2D eigenvalue weighted by Gasteiger charge is -2.02. The zero-order valence-electron chi connectivity index (χ0n) is 4.31. The van der Waals surface area contributed by atoms with Crippen LogP contribution in [0.1, 0.15) is 0 Å². The minimum atomic E-state index is 0.310. The molecule has 1 rings (SSSR count). The highest BCUT2D eigenvalue weighted by Crippen LogP contribution is 2.12. The van der Waals surface area contributed by atoms with Crippen LogP contribution in [0.25, 0.3) is 0 Å². The van der Waals surface area contributed by atoms with Crippen molar-refractivity contribution < 1.29 is 4.74 Å². The maximum atomic E-state index is 5.15. The lowest BCUT2D eigenvalue weighted by Crippen LogP contribution is -2.25. The molecule has 0 aromatic rings. The Morgan fingerprint density at radius 3 is 3.00 bits per heavy atom. The number of thioether (sulfide) groups is 1. The number of rotatable bonds is 1. The standard InChI is InChI=1S/C4H9NOS/c1-5-4-2-7-3-6-4/h4-5H,2-3H2,1H3. The molecule has 1 unspecified atom stereocenters. The maximum Gasteiger partial charge on any atom is 0.118 e. The molecular formula is C4H9NOS. The summed E-state index contributed by atoms with van der Waals surface area (Å²) in [5, 5.41) is 3.02. The molecule has 0 saturated carbocycles. The molecule has 2 nitrogen and oxygen atoms in total. The third-order valence-corrected chi connectivity index (χ3v) is 1.78. The first-order valence-corrected chi connectivity index (χ1v) is 3.45. The van der Waals surface area contributed by atoms with E-state index in [0.29, 0.717) is 6.23 Å². The van der Waals surface area contributed by atoms with E-state index in [1.54, 1.807) is 0 Å². The zero-order valence-corrected chi connectivity index (χ0v) is 5.12. The Morgan fingerprint density at radius 1 is 1.86 bits per heavy atom. The predicted molar refractivity (Wildman–Crippen MR) is 31.3 cm³/mol. The van der Waals surface area contributed by atoms with Gasteiger partial charge in [0.1, 0.15) is 6.23 Å². The van der Waals surface area contributed by atoms with Crippen LogP contribution >= 0.6 is 11.8 Å². The van der Waals surface area contributed by atoms with Crippen molar-refractivity contribution in [2.75, 3.05) is 18.7 Å². The Hall–Kier alpha value is 0.270. The van der Waals surface area contributed by atoms with Crippen LogP contribution in [0.4, 0.5) is 0 Å². The molecule has 0 radical (unpaired) electrons. The maximum absolute atomic E-state index is 5.15. The van der Waals surface area contributed by atoms with Crippen molar-refractivity contribution in [1.29, 1.82) is 0 Å². The molecule has 3 heteroatoms. The summed E-state index contributed by atoms with van der Waals surface area (Å²) >= 11 is 1.82. The van der Waals surface area contributed by atoms with Gasteiger partial charge in [0, 0.05) is 5.75 Å². The van der Waals surface area contributed by atoms with E-state index in [9.17, 15) is 0 Å². The fraction of sp³-hybridized carbons (Fsp3) is 1.00. The Labute approximate surface area is 47.6 Å². The Bertz CT molecular complexity index is 53.7. The summed E-state index contributed by atoms with van der Waals surface area (Å²) in [5.41, 5.74) is 0. The summed E-state index contributed by atoms with van der Waals surface area (Å²) in [6, 6.07) is 0. The monoisotopic (exact) mass is 119 g/mol. The molecule has 1 aliphatic heterocycles. The molecule has 1 saturated heterocycles. The summed E-state index contributed by atoms with van der Waals surface area (Å²) in [4.78, 5) is 0. The molecule has 0 aliphatic carbocycles. The van der Waals surface area contributed by atoms with Gasteiger partial charge in [-0.1, -0.05) is 0 Å². The Kier molecular flexibility index (Phi) is 1.97. The minimum absolute atomic E-state index is 0.310. The number of nitrogens with one attached hydrogen (secondary N) is 1. The normalized spacial score (nSPS) is 31.3. The first kappa shape index (κ1) is 5.41. The van der Waals surface area contributed by atoms with E-state index in [2.05, 4.69) is 5.32 Å². The van der Waals surface area contributed by atoms with Crippen LogP contribution in [0.15, 0.2) is 0 Å². The molecule has 0 aromatic heterocycles. The summed E-state index contributed by atoms with van der Waals surface area (Å²) in [5.74, 6) is 1.95. The van der Waals surface area contributed by atoms with Crippen LogP contribution in [0, 0.1) is 0 Å². The minimum Gasteiger partial charge on any atom is -0.352 e. The fourth-order valence-corrected chi connectivity index (χ4v) is 1.33. The van der Waals surface area contributed by atoms with Crippen LogP contribution < -0.4 is 5.32 Å². The molecule has 7 heavy (non-hydrogen) atoms. The van der Waals surface area contributed by atoms with Gasteiger partial charge in [0.15, 0.2) is 0 Å². The predicted octanol–water partition coefficient (Wildman–Crippen LogP) is 0.253. The van der Waals surface area contributed by atoms with Gasteiger partial charge in [0.05, 0.1) is 5.94 Å². The van der Waals surface area contributed by atoms with Gasteiger partial charge in [-0.3, -0.25) is 5.32 Å². The van der Waals surface area contributed by atoms with Gasteiger partial charge in [0.2, 0.25) is 0 Å². The molecular weight excluding hydrogens is 110 g/mol. The molecule has 1 heterocycles. The van der Waals surface area contributed by atoms with Gasteiger partial charge in [-0.25, -0.2) is 0 Å². The van der Waals surface area contributed by atoms with Gasteiger partial charge in [0.25, 0.3) is 0 Å². The van der Waals surface area contributed by atoms with Gasteiger partial charge in [-0.05, 0) is 7.05 Å². The van der Waals surface area contributed by atoms with E-state index in [4.69, 9.17) is 4.74 Å². The summed E-state index contributed by atoms with van der Waals surface area (Å²) in [6.07, 6.45) is 0.310. The van der Waals surface area contributed by atoms with E-state index in [-0.39, 0.29) is 0 Å². The van der Waals surface area contributed by atoms with Crippen molar-refractivity contribution in [2.24, 2.45) is 0 Å². The van der Waals surface area contributed by atoms with E-state index in [1.807, 2.05) is 18.8 Å². The van der Waals surface area contributed by atoms with E-state index >= 15 is 0 Å². The number of ether oxygens (including phenoxy) is 1. The molecule has 1 N–H and O–H groups in total. The summed E-state index contributed by atoms with van der Waals surface area (Å²) in [7, 11) is 1.91. The lowest BCUT2D eigenvalue weighted by atomic mass is 10.7. The van der Waals surface area contributed by atoms with Crippen LogP contribution in [0.2, 0.25) is 0 Å². The Morgan fingerprint density at radius 2 is 2.71 bits per heavy atom. The summed E-state index contributed by atoms with van der Waals surface area (Å²) < 4.78 is 5.15. The second-order valence-electron chi connectivity index (χ2n) is 1.43. The SMILES string of the molecule is CNC1CSCO1. The average molecular weight is 119 g/mol. The molecule has 1 aliphatic rings. The molecule has 0 spiro atoms. The average Bonchev–Trinajstić information content (AvgIpc) is 2.14. The fourth-order valence-electron chi connectivity index (χ4n) is 0.500. The van der Waals surface area contributed by atoms with Gasteiger partial charge < -0.3 is 4.74 Å². The lowest BCUT2D eigenvalue weighted by molar-refractivity contribution is 0.103.